The third-order valence-corrected chi connectivity index (χ3v) is 6.80. The molecule has 19 heavy (non-hydrogen) atoms. The normalized spacial score (nSPS) is 24.3. The molecule has 2 N–H and O–H groups in total. The largest absolute Gasteiger partial charge is 0.398 e. The van der Waals surface area contributed by atoms with Gasteiger partial charge in [-0.05, 0) is 37.0 Å². The Kier molecular flexibility index (Phi) is 4.56. The molecule has 1 fully saturated rings. The van der Waals surface area contributed by atoms with Crippen LogP contribution in [0.15, 0.2) is 27.6 Å². The first-order valence-electron chi connectivity index (χ1n) is 6.74. The summed E-state index contributed by atoms with van der Waals surface area (Å²) < 4.78 is 26.2. The monoisotopic (exact) mass is 345 g/mol. The van der Waals surface area contributed by atoms with Crippen LogP contribution in [0.3, 0.4) is 0 Å². The first kappa shape index (κ1) is 14.9. The van der Waals surface area contributed by atoms with Crippen LogP contribution in [0.25, 0.3) is 0 Å². The van der Waals surface area contributed by atoms with Crippen molar-refractivity contribution in [3.05, 3.63) is 22.7 Å². The number of nitrogens with two attached hydrogens (primary N) is 1. The fourth-order valence-corrected chi connectivity index (χ4v) is 5.39. The number of nitrogen functional groups attached to an aromatic ring is 1. The number of halogens is 1. The lowest BCUT2D eigenvalue weighted by Gasteiger charge is -2.28. The minimum absolute atomic E-state index is 0.275. The zero-order valence-electron chi connectivity index (χ0n) is 11.1. The minimum Gasteiger partial charge on any atom is -0.398 e. The van der Waals surface area contributed by atoms with Crippen molar-refractivity contribution in [1.82, 2.24) is 0 Å². The minimum atomic E-state index is -3.31. The van der Waals surface area contributed by atoms with E-state index in [1.165, 1.54) is 0 Å². The number of rotatable bonds is 3. The fourth-order valence-electron chi connectivity index (χ4n) is 2.83. The molecule has 5 heteroatoms. The van der Waals surface area contributed by atoms with Gasteiger partial charge in [0.15, 0.2) is 9.84 Å². The van der Waals surface area contributed by atoms with E-state index in [0.29, 0.717) is 11.6 Å². The second kappa shape index (κ2) is 5.83. The van der Waals surface area contributed by atoms with Gasteiger partial charge in [-0.2, -0.15) is 0 Å². The molecule has 2 atom stereocenters. The molecule has 1 saturated carbocycles. The van der Waals surface area contributed by atoms with Crippen LogP contribution in [0, 0.1) is 5.92 Å². The first-order valence-corrected chi connectivity index (χ1v) is 9.08. The zero-order chi connectivity index (χ0) is 14.0. The molecular formula is C14H20BrNO2S. The first-order chi connectivity index (χ1) is 8.95. The second-order valence-corrected chi connectivity index (χ2v) is 8.40. The van der Waals surface area contributed by atoms with Gasteiger partial charge < -0.3 is 5.73 Å². The van der Waals surface area contributed by atoms with E-state index in [-0.39, 0.29) is 10.1 Å². The van der Waals surface area contributed by atoms with Crippen molar-refractivity contribution in [2.45, 2.75) is 49.2 Å². The summed E-state index contributed by atoms with van der Waals surface area (Å²) in [6, 6.07) is 5.04. The van der Waals surface area contributed by atoms with Crippen molar-refractivity contribution >= 4 is 31.5 Å². The van der Waals surface area contributed by atoms with Gasteiger partial charge >= 0.3 is 0 Å². The van der Waals surface area contributed by atoms with Crippen molar-refractivity contribution in [3.8, 4) is 0 Å². The van der Waals surface area contributed by atoms with Gasteiger partial charge in [0.1, 0.15) is 0 Å². The highest BCUT2D eigenvalue weighted by Crippen LogP contribution is 2.35. The van der Waals surface area contributed by atoms with E-state index < -0.39 is 9.84 Å². The molecule has 1 aliphatic rings. The lowest BCUT2D eigenvalue weighted by Crippen LogP contribution is -2.28. The molecule has 1 aromatic carbocycles. The Bertz CT molecular complexity index is 557. The quantitative estimate of drug-likeness (QED) is 0.848. The van der Waals surface area contributed by atoms with E-state index in [2.05, 4.69) is 22.9 Å². The van der Waals surface area contributed by atoms with Gasteiger partial charge in [0.25, 0.3) is 0 Å². The predicted octanol–water partition coefficient (Wildman–Crippen LogP) is 3.77. The average Bonchev–Trinajstić information content (AvgIpc) is 2.41. The van der Waals surface area contributed by atoms with Crippen molar-refractivity contribution in [2.75, 3.05) is 5.73 Å². The number of hydrogen-bond donors (Lipinski definition) is 1. The standard InChI is InChI=1S/C14H20BrNO2S/c1-2-10-4-3-5-12(8-10)19(17,18)14-9-11(15)6-7-13(14)16/h6-7,9-10,12H,2-5,8,16H2,1H3. The van der Waals surface area contributed by atoms with E-state index in [1.54, 1.807) is 18.2 Å². The van der Waals surface area contributed by atoms with E-state index in [1.807, 2.05) is 0 Å². The Morgan fingerprint density at radius 2 is 2.11 bits per heavy atom. The summed E-state index contributed by atoms with van der Waals surface area (Å²) in [6.45, 7) is 2.13. The summed E-state index contributed by atoms with van der Waals surface area (Å²) in [5.41, 5.74) is 6.20. The molecule has 0 bridgehead atoms. The molecule has 2 rings (SSSR count). The van der Waals surface area contributed by atoms with Crippen LogP contribution in [-0.4, -0.2) is 13.7 Å². The highest BCUT2D eigenvalue weighted by molar-refractivity contribution is 9.10. The zero-order valence-corrected chi connectivity index (χ0v) is 13.5. The topological polar surface area (TPSA) is 60.2 Å². The maximum Gasteiger partial charge on any atom is 0.183 e. The summed E-state index contributed by atoms with van der Waals surface area (Å²) in [4.78, 5) is 0.281. The number of hydrogen-bond acceptors (Lipinski definition) is 3. The lowest BCUT2D eigenvalue weighted by molar-refractivity contribution is 0.348. The highest BCUT2D eigenvalue weighted by Gasteiger charge is 2.33. The lowest BCUT2D eigenvalue weighted by atomic mass is 9.87. The number of anilines is 1. The van der Waals surface area contributed by atoms with E-state index in [0.717, 1.165) is 36.6 Å². The Labute approximate surface area is 123 Å². The van der Waals surface area contributed by atoms with Crippen molar-refractivity contribution in [1.29, 1.82) is 0 Å². The van der Waals surface area contributed by atoms with Gasteiger partial charge in [-0.15, -0.1) is 0 Å². The Balaban J connectivity index is 2.34. The average molecular weight is 346 g/mol. The Morgan fingerprint density at radius 3 is 2.79 bits per heavy atom. The third kappa shape index (κ3) is 3.14. The summed E-state index contributed by atoms with van der Waals surface area (Å²) in [5, 5.41) is -0.275. The molecule has 2 unspecified atom stereocenters. The molecule has 0 aliphatic heterocycles. The van der Waals surface area contributed by atoms with Crippen molar-refractivity contribution in [3.63, 3.8) is 0 Å². The van der Waals surface area contributed by atoms with Crippen molar-refractivity contribution < 1.29 is 8.42 Å². The van der Waals surface area contributed by atoms with Crippen LogP contribution in [0.1, 0.15) is 39.0 Å². The van der Waals surface area contributed by atoms with Crippen LogP contribution in [0.5, 0.6) is 0 Å². The van der Waals surface area contributed by atoms with Gasteiger partial charge in [0.05, 0.1) is 15.8 Å². The smallest absolute Gasteiger partial charge is 0.183 e. The highest BCUT2D eigenvalue weighted by atomic mass is 79.9. The second-order valence-electron chi connectivity index (χ2n) is 5.29. The predicted molar refractivity (Wildman–Crippen MR) is 81.8 cm³/mol. The number of sulfone groups is 1. The Morgan fingerprint density at radius 1 is 1.37 bits per heavy atom. The number of benzene rings is 1. The van der Waals surface area contributed by atoms with Gasteiger partial charge in [-0.1, -0.05) is 42.1 Å². The summed E-state index contributed by atoms with van der Waals surface area (Å²) >= 11 is 3.32. The fraction of sp³-hybridized carbons (Fsp3) is 0.571. The summed E-state index contributed by atoms with van der Waals surface area (Å²) in [5.74, 6) is 0.530. The molecule has 0 aromatic heterocycles. The molecule has 1 aliphatic carbocycles. The molecule has 0 amide bonds. The van der Waals surface area contributed by atoms with Crippen LogP contribution in [0.4, 0.5) is 5.69 Å². The molecule has 0 heterocycles. The van der Waals surface area contributed by atoms with Gasteiger partial charge in [0.2, 0.25) is 0 Å². The van der Waals surface area contributed by atoms with Crippen LogP contribution in [-0.2, 0) is 9.84 Å². The third-order valence-electron chi connectivity index (χ3n) is 4.03. The van der Waals surface area contributed by atoms with Crippen LogP contribution in [0.2, 0.25) is 0 Å². The molecule has 106 valence electrons. The molecule has 0 saturated heterocycles. The van der Waals surface area contributed by atoms with Gasteiger partial charge in [0, 0.05) is 4.47 Å². The molecular weight excluding hydrogens is 326 g/mol. The SMILES string of the molecule is CCC1CCCC(S(=O)(=O)c2cc(Br)ccc2N)C1. The maximum absolute atomic E-state index is 12.7. The molecule has 0 spiro atoms. The van der Waals surface area contributed by atoms with E-state index >= 15 is 0 Å². The summed E-state index contributed by atoms with van der Waals surface area (Å²) in [6.07, 6.45) is 4.72. The summed E-state index contributed by atoms with van der Waals surface area (Å²) in [7, 11) is -3.31. The molecule has 3 nitrogen and oxygen atoms in total. The van der Waals surface area contributed by atoms with Crippen LogP contribution >= 0.6 is 15.9 Å². The molecule has 1 aromatic rings. The van der Waals surface area contributed by atoms with Gasteiger partial charge in [-0.25, -0.2) is 8.42 Å². The Hall–Kier alpha value is -0.550. The van der Waals surface area contributed by atoms with Crippen LogP contribution < -0.4 is 5.73 Å². The van der Waals surface area contributed by atoms with Crippen molar-refractivity contribution in [2.24, 2.45) is 5.92 Å². The maximum atomic E-state index is 12.7. The molecule has 0 radical (unpaired) electrons. The van der Waals surface area contributed by atoms with E-state index in [4.69, 9.17) is 5.73 Å². The van der Waals surface area contributed by atoms with E-state index in [9.17, 15) is 8.42 Å². The van der Waals surface area contributed by atoms with Gasteiger partial charge in [-0.3, -0.25) is 0 Å².